The van der Waals surface area contributed by atoms with Gasteiger partial charge in [0.25, 0.3) is 0 Å². The molecule has 0 spiro atoms. The van der Waals surface area contributed by atoms with Crippen LogP contribution in [0.3, 0.4) is 0 Å². The Labute approximate surface area is 190 Å². The number of hydrogen-bond donors (Lipinski definition) is 4. The van der Waals surface area contributed by atoms with E-state index >= 15 is 0 Å². The number of aryl methyl sites for hydroxylation is 1. The molecule has 4 rings (SSSR count). The molecule has 33 heavy (non-hydrogen) atoms. The average molecular weight is 451 g/mol. The summed E-state index contributed by atoms with van der Waals surface area (Å²) in [6.45, 7) is 3.28. The zero-order valence-corrected chi connectivity index (χ0v) is 18.7. The molecule has 7 nitrogen and oxygen atoms in total. The lowest BCUT2D eigenvalue weighted by Crippen LogP contribution is -2.38. The molecule has 8 heteroatoms. The number of benzene rings is 2. The van der Waals surface area contributed by atoms with Gasteiger partial charge in [-0.05, 0) is 55.2 Å². The van der Waals surface area contributed by atoms with Crippen LogP contribution >= 0.6 is 0 Å². The van der Waals surface area contributed by atoms with E-state index in [4.69, 9.17) is 0 Å². The van der Waals surface area contributed by atoms with Crippen LogP contribution in [0.4, 0.5) is 4.39 Å². The van der Waals surface area contributed by atoms with Crippen molar-refractivity contribution in [1.29, 1.82) is 0 Å². The van der Waals surface area contributed by atoms with Crippen LogP contribution < -0.4 is 5.32 Å². The van der Waals surface area contributed by atoms with E-state index in [9.17, 15) is 24.5 Å². The Balaban J connectivity index is 1.83. The average Bonchev–Trinajstić information content (AvgIpc) is 3.05. The standard InChI is InChI=1S/C25H26FN3O4/c1-25(2,33)13-28-20(30)10-17-18-9-15(8-14-4-6-16(26)7-5-14)11-27-22(18)23(31)21-19(17)12-29(3)24(21)32/h4-7,9,11-12,31-33H,8,10,13H2,1-3H3,(H,28,30). The Morgan fingerprint density at radius 2 is 1.85 bits per heavy atom. The minimum atomic E-state index is -1.06. The molecule has 0 aliphatic heterocycles. The van der Waals surface area contributed by atoms with Crippen LogP contribution in [0.5, 0.6) is 11.6 Å². The maximum atomic E-state index is 13.3. The Morgan fingerprint density at radius 3 is 2.52 bits per heavy atom. The van der Waals surface area contributed by atoms with E-state index in [1.165, 1.54) is 16.7 Å². The van der Waals surface area contributed by atoms with E-state index in [0.29, 0.717) is 22.8 Å². The van der Waals surface area contributed by atoms with Crippen LogP contribution in [0, 0.1) is 5.82 Å². The van der Waals surface area contributed by atoms with Crippen molar-refractivity contribution in [3.05, 3.63) is 65.2 Å². The molecule has 0 fully saturated rings. The number of nitrogens with zero attached hydrogens (tertiary/aromatic N) is 2. The molecular formula is C25H26FN3O4. The van der Waals surface area contributed by atoms with Crippen molar-refractivity contribution in [2.45, 2.75) is 32.3 Å². The number of aromatic nitrogens is 2. The number of aliphatic hydroxyl groups is 1. The van der Waals surface area contributed by atoms with Gasteiger partial charge in [0.2, 0.25) is 11.8 Å². The maximum Gasteiger partial charge on any atom is 0.224 e. The quantitative estimate of drug-likeness (QED) is 0.360. The number of phenolic OH excluding ortho intramolecular Hbond substituents is 1. The van der Waals surface area contributed by atoms with Gasteiger partial charge in [-0.25, -0.2) is 4.39 Å². The summed E-state index contributed by atoms with van der Waals surface area (Å²) < 4.78 is 14.7. The first-order valence-corrected chi connectivity index (χ1v) is 10.6. The molecular weight excluding hydrogens is 425 g/mol. The zero-order chi connectivity index (χ0) is 23.9. The lowest BCUT2D eigenvalue weighted by molar-refractivity contribution is -0.121. The van der Waals surface area contributed by atoms with Crippen LogP contribution in [0.2, 0.25) is 0 Å². The highest BCUT2D eigenvalue weighted by Crippen LogP contribution is 2.42. The number of amides is 1. The number of carbonyl (C=O) groups excluding carboxylic acids is 1. The van der Waals surface area contributed by atoms with Gasteiger partial charge >= 0.3 is 0 Å². The van der Waals surface area contributed by atoms with E-state index in [1.807, 2.05) is 6.07 Å². The predicted molar refractivity (Wildman–Crippen MR) is 124 cm³/mol. The second kappa shape index (κ2) is 8.37. The van der Waals surface area contributed by atoms with Crippen LogP contribution in [0.25, 0.3) is 21.7 Å². The number of phenols is 1. The van der Waals surface area contributed by atoms with Gasteiger partial charge in [0.15, 0.2) is 5.75 Å². The van der Waals surface area contributed by atoms with E-state index in [0.717, 1.165) is 11.1 Å². The van der Waals surface area contributed by atoms with Gasteiger partial charge < -0.3 is 25.2 Å². The summed E-state index contributed by atoms with van der Waals surface area (Å²) in [6, 6.07) is 8.03. The van der Waals surface area contributed by atoms with Crippen LogP contribution in [0.1, 0.15) is 30.5 Å². The number of fused-ring (bicyclic) bond motifs is 2. The number of carbonyl (C=O) groups is 1. The fourth-order valence-electron chi connectivity index (χ4n) is 3.93. The van der Waals surface area contributed by atoms with Gasteiger partial charge in [-0.2, -0.15) is 0 Å². The van der Waals surface area contributed by atoms with Crippen molar-refractivity contribution < 1.29 is 24.5 Å². The highest BCUT2D eigenvalue weighted by Gasteiger charge is 2.23. The topological polar surface area (TPSA) is 108 Å². The van der Waals surface area contributed by atoms with Crippen LogP contribution in [-0.2, 0) is 24.7 Å². The van der Waals surface area contributed by atoms with Crippen LogP contribution in [-0.4, -0.2) is 42.9 Å². The summed E-state index contributed by atoms with van der Waals surface area (Å²) in [7, 11) is 1.64. The molecule has 0 saturated heterocycles. The SMILES string of the molecule is Cn1cc2c(CC(=O)NCC(C)(C)O)c3cc(Cc4ccc(F)cc4)cnc3c(O)c2c1O. The van der Waals surface area contributed by atoms with Gasteiger partial charge in [0, 0.05) is 36.8 Å². The van der Waals surface area contributed by atoms with Crippen molar-refractivity contribution in [3.8, 4) is 11.6 Å². The molecule has 0 unspecified atom stereocenters. The fourth-order valence-corrected chi connectivity index (χ4v) is 3.93. The number of aromatic hydroxyl groups is 2. The molecule has 0 atom stereocenters. The van der Waals surface area contributed by atoms with E-state index in [-0.39, 0.29) is 47.2 Å². The molecule has 0 bridgehead atoms. The monoisotopic (exact) mass is 451 g/mol. The van der Waals surface area contributed by atoms with Gasteiger partial charge in [-0.1, -0.05) is 12.1 Å². The van der Waals surface area contributed by atoms with Crippen molar-refractivity contribution in [3.63, 3.8) is 0 Å². The van der Waals surface area contributed by atoms with Gasteiger partial charge in [0.1, 0.15) is 11.3 Å². The summed E-state index contributed by atoms with van der Waals surface area (Å²) in [5.74, 6) is -0.907. The molecule has 2 aromatic heterocycles. The second-order valence-corrected chi connectivity index (χ2v) is 8.99. The van der Waals surface area contributed by atoms with E-state index in [2.05, 4.69) is 10.3 Å². The third kappa shape index (κ3) is 4.61. The summed E-state index contributed by atoms with van der Waals surface area (Å²) >= 11 is 0. The smallest absolute Gasteiger partial charge is 0.224 e. The molecule has 4 N–H and O–H groups in total. The maximum absolute atomic E-state index is 13.3. The number of halogens is 1. The van der Waals surface area contributed by atoms with Crippen molar-refractivity contribution in [2.75, 3.05) is 6.54 Å². The predicted octanol–water partition coefficient (Wildman–Crippen LogP) is 3.30. The molecule has 1 amide bonds. The van der Waals surface area contributed by atoms with Crippen molar-refractivity contribution in [2.24, 2.45) is 7.05 Å². The fraction of sp³-hybridized carbons (Fsp3) is 0.280. The highest BCUT2D eigenvalue weighted by atomic mass is 19.1. The third-order valence-corrected chi connectivity index (χ3v) is 5.58. The number of nitrogens with one attached hydrogen (secondary N) is 1. The van der Waals surface area contributed by atoms with Gasteiger partial charge in [-0.3, -0.25) is 9.78 Å². The summed E-state index contributed by atoms with van der Waals surface area (Å²) in [4.78, 5) is 17.2. The molecule has 0 aliphatic carbocycles. The van der Waals surface area contributed by atoms with E-state index < -0.39 is 5.60 Å². The zero-order valence-electron chi connectivity index (χ0n) is 18.7. The molecule has 0 saturated carbocycles. The number of hydrogen-bond acceptors (Lipinski definition) is 5. The molecule has 4 aromatic rings. The van der Waals surface area contributed by atoms with Crippen molar-refractivity contribution in [1.82, 2.24) is 14.9 Å². The molecule has 2 aromatic carbocycles. The van der Waals surface area contributed by atoms with E-state index in [1.54, 1.807) is 45.4 Å². The van der Waals surface area contributed by atoms with Gasteiger partial charge in [0.05, 0.1) is 17.4 Å². The third-order valence-electron chi connectivity index (χ3n) is 5.58. The van der Waals surface area contributed by atoms with Gasteiger partial charge in [-0.15, -0.1) is 0 Å². The second-order valence-electron chi connectivity index (χ2n) is 8.99. The molecule has 0 aliphatic rings. The molecule has 172 valence electrons. The first-order valence-electron chi connectivity index (χ1n) is 10.6. The largest absolute Gasteiger partial charge is 0.505 e. The number of pyridine rings is 1. The number of rotatable bonds is 6. The highest BCUT2D eigenvalue weighted by molar-refractivity contribution is 6.10. The Morgan fingerprint density at radius 1 is 1.15 bits per heavy atom. The van der Waals surface area contributed by atoms with Crippen molar-refractivity contribution >= 4 is 27.6 Å². The molecule has 0 radical (unpaired) electrons. The Hall–Kier alpha value is -3.65. The lowest BCUT2D eigenvalue weighted by Gasteiger charge is -2.18. The van der Waals surface area contributed by atoms with Crippen LogP contribution in [0.15, 0.2) is 42.7 Å². The minimum absolute atomic E-state index is 0.0332. The summed E-state index contributed by atoms with van der Waals surface area (Å²) in [5, 5.41) is 35.4. The normalized spacial score (nSPS) is 11.9. The Kier molecular flexibility index (Phi) is 5.71. The summed E-state index contributed by atoms with van der Waals surface area (Å²) in [6.07, 6.45) is 3.74. The first kappa shape index (κ1) is 22.5. The minimum Gasteiger partial charge on any atom is -0.505 e. The molecule has 2 heterocycles. The Bertz CT molecular complexity index is 1350. The lowest BCUT2D eigenvalue weighted by atomic mass is 9.96. The first-order chi connectivity index (χ1) is 15.5. The summed E-state index contributed by atoms with van der Waals surface area (Å²) in [5.41, 5.74) is 1.54.